The highest BCUT2D eigenvalue weighted by atomic mass is 16.5. The van der Waals surface area contributed by atoms with Crippen LogP contribution in [0.1, 0.15) is 95.3 Å². The fraction of sp³-hybridized carbons (Fsp3) is 0.278. The number of ether oxygens (including phenoxy) is 2. The molecule has 0 aromatic heterocycles. The summed E-state index contributed by atoms with van der Waals surface area (Å²) in [6.45, 7) is 4.33. The van der Waals surface area contributed by atoms with Gasteiger partial charge in [0, 0.05) is 23.5 Å². The van der Waals surface area contributed by atoms with Gasteiger partial charge >= 0.3 is 0 Å². The molecule has 0 spiro atoms. The van der Waals surface area contributed by atoms with Crippen LogP contribution in [0.2, 0.25) is 0 Å². The number of unbranched alkanes of at least 4 members (excludes halogenated alkanes) is 4. The molecule has 0 fully saturated rings. The van der Waals surface area contributed by atoms with Crippen molar-refractivity contribution in [1.82, 2.24) is 0 Å². The van der Waals surface area contributed by atoms with Crippen molar-refractivity contribution in [2.45, 2.75) is 65.2 Å². The number of carbonyl (C=O) groups excluding carboxylic acids is 2. The molecule has 1 aliphatic carbocycles. The molecule has 4 aromatic rings. The highest BCUT2D eigenvalue weighted by Crippen LogP contribution is 2.46. The van der Waals surface area contributed by atoms with Gasteiger partial charge in [-0.15, -0.1) is 0 Å². The molecule has 4 aromatic carbocycles. The Bertz CT molecular complexity index is 1610. The molecule has 0 heterocycles. The summed E-state index contributed by atoms with van der Waals surface area (Å²) in [4.78, 5) is 27.8. The zero-order valence-electron chi connectivity index (χ0n) is 25.4. The van der Waals surface area contributed by atoms with Crippen molar-refractivity contribution in [3.8, 4) is 23.0 Å². The Morgan fingerprint density at radius 1 is 0.545 bits per heavy atom. The predicted octanol–water partition coefficient (Wildman–Crippen LogP) is 7.84. The average molecular weight is 593 g/mol. The first-order chi connectivity index (χ1) is 21.2. The van der Waals surface area contributed by atoms with Crippen molar-refractivity contribution in [2.24, 2.45) is 0 Å². The third-order valence-electron chi connectivity index (χ3n) is 8.02. The van der Waals surface area contributed by atoms with E-state index in [2.05, 4.69) is 13.8 Å². The minimum absolute atomic E-state index is 0.00124. The number of hydrogen-bond donors (Lipinski definition) is 4. The number of carbonyl (C=O) groups is 2. The second-order valence-corrected chi connectivity index (χ2v) is 11.3. The molecule has 0 bridgehead atoms. The smallest absolute Gasteiger partial charge is 0.199 e. The molecule has 228 valence electrons. The van der Waals surface area contributed by atoms with Crippen molar-refractivity contribution in [3.63, 3.8) is 0 Å². The number of nitrogens with two attached hydrogens (primary N) is 4. The van der Waals surface area contributed by atoms with Crippen LogP contribution in [0.4, 0.5) is 22.7 Å². The van der Waals surface area contributed by atoms with Crippen molar-refractivity contribution in [2.75, 3.05) is 22.9 Å². The summed E-state index contributed by atoms with van der Waals surface area (Å²) in [5.74, 6) is 0.357. The van der Waals surface area contributed by atoms with E-state index in [4.69, 9.17) is 32.4 Å². The van der Waals surface area contributed by atoms with Gasteiger partial charge in [-0.3, -0.25) is 9.59 Å². The Hall–Kier alpha value is -4.98. The normalized spacial score (nSPS) is 12.1. The molecule has 0 aliphatic heterocycles. The highest BCUT2D eigenvalue weighted by Gasteiger charge is 2.38. The maximum atomic E-state index is 14.1. The monoisotopic (exact) mass is 592 g/mol. The van der Waals surface area contributed by atoms with Gasteiger partial charge in [-0.05, 0) is 61.1 Å². The first-order valence-corrected chi connectivity index (χ1v) is 15.3. The topological polar surface area (TPSA) is 157 Å². The van der Waals surface area contributed by atoms with Crippen molar-refractivity contribution >= 4 is 34.3 Å². The first kappa shape index (κ1) is 30.5. The summed E-state index contributed by atoms with van der Waals surface area (Å²) >= 11 is 0. The number of hydrogen-bond acceptors (Lipinski definition) is 8. The summed E-state index contributed by atoms with van der Waals surface area (Å²) in [5, 5.41) is 0. The minimum Gasteiger partial charge on any atom is -0.455 e. The zero-order valence-corrected chi connectivity index (χ0v) is 25.4. The Balaban J connectivity index is 1.49. The van der Waals surface area contributed by atoms with E-state index in [9.17, 15) is 9.59 Å². The number of rotatable bonds is 12. The van der Waals surface area contributed by atoms with Gasteiger partial charge in [0.25, 0.3) is 0 Å². The Labute approximate surface area is 258 Å². The fourth-order valence-corrected chi connectivity index (χ4v) is 5.71. The molecular weight excluding hydrogens is 552 g/mol. The lowest BCUT2D eigenvalue weighted by atomic mass is 9.80. The number of fused-ring (bicyclic) bond motifs is 2. The van der Waals surface area contributed by atoms with Crippen molar-refractivity contribution < 1.29 is 19.1 Å². The van der Waals surface area contributed by atoms with Crippen LogP contribution in [0, 0.1) is 0 Å². The van der Waals surface area contributed by atoms with E-state index in [-0.39, 0.29) is 56.5 Å². The van der Waals surface area contributed by atoms with Gasteiger partial charge in [0.1, 0.15) is 11.5 Å². The lowest BCUT2D eigenvalue weighted by molar-refractivity contribution is 0.0981. The standard InChI is InChI=1S/C36H40N4O4/c1-3-5-7-11-21-13-9-15-23(17-21)43-27-19-25(37)29-31(33(27)39)36(42)32-30(35(29)41)26(38)20-28(34(32)40)44-24-16-10-14-22(18-24)12-8-6-4-2/h9-10,13-20H,3-8,11-12,37-40H2,1-2H3. The molecule has 0 radical (unpaired) electrons. The molecule has 5 rings (SSSR count). The van der Waals surface area contributed by atoms with Gasteiger partial charge in [-0.25, -0.2) is 0 Å². The molecular formula is C36H40N4O4. The quantitative estimate of drug-likeness (QED) is 0.0843. The van der Waals surface area contributed by atoms with Crippen LogP contribution in [0.15, 0.2) is 60.7 Å². The molecule has 8 heteroatoms. The SMILES string of the molecule is CCCCCc1cccc(Oc2cc(N)c3c(c2N)C(=O)c2c(N)c(Oc4cccc(CCCCC)c4)cc(N)c2C3=O)c1. The third kappa shape index (κ3) is 6.06. The zero-order chi connectivity index (χ0) is 31.4. The molecule has 8 N–H and O–H groups in total. The van der Waals surface area contributed by atoms with Crippen LogP contribution in [0.5, 0.6) is 23.0 Å². The van der Waals surface area contributed by atoms with Crippen molar-refractivity contribution in [1.29, 1.82) is 0 Å². The highest BCUT2D eigenvalue weighted by molar-refractivity contribution is 6.35. The Morgan fingerprint density at radius 2 is 0.955 bits per heavy atom. The van der Waals surface area contributed by atoms with Crippen LogP contribution in [-0.2, 0) is 12.8 Å². The first-order valence-electron chi connectivity index (χ1n) is 15.3. The number of benzene rings is 4. The summed E-state index contributed by atoms with van der Waals surface area (Å²) in [6, 6.07) is 18.3. The second kappa shape index (κ2) is 13.1. The fourth-order valence-electron chi connectivity index (χ4n) is 5.71. The van der Waals surface area contributed by atoms with E-state index in [0.29, 0.717) is 11.5 Å². The summed E-state index contributed by atoms with van der Waals surface area (Å²) < 4.78 is 12.3. The van der Waals surface area contributed by atoms with Crippen LogP contribution in [-0.4, -0.2) is 11.6 Å². The molecule has 1 aliphatic rings. The van der Waals surface area contributed by atoms with Crippen molar-refractivity contribution in [3.05, 3.63) is 94.0 Å². The molecule has 0 amide bonds. The molecule has 0 unspecified atom stereocenters. The lowest BCUT2D eigenvalue weighted by Crippen LogP contribution is -2.26. The maximum absolute atomic E-state index is 14.1. The van der Waals surface area contributed by atoms with Gasteiger partial charge in [-0.1, -0.05) is 63.8 Å². The van der Waals surface area contributed by atoms with E-state index >= 15 is 0 Å². The van der Waals surface area contributed by atoms with Crippen LogP contribution in [0.3, 0.4) is 0 Å². The minimum atomic E-state index is -0.569. The predicted molar refractivity (Wildman–Crippen MR) is 177 cm³/mol. The number of aryl methyl sites for hydroxylation is 2. The second-order valence-electron chi connectivity index (χ2n) is 11.3. The maximum Gasteiger partial charge on any atom is 0.199 e. The van der Waals surface area contributed by atoms with Gasteiger partial charge in [0.05, 0.1) is 33.6 Å². The molecule has 0 atom stereocenters. The largest absolute Gasteiger partial charge is 0.455 e. The number of nitrogen functional groups attached to an aromatic ring is 4. The van der Waals surface area contributed by atoms with E-state index in [1.165, 1.54) is 12.1 Å². The molecule has 44 heavy (non-hydrogen) atoms. The van der Waals surface area contributed by atoms with Crippen LogP contribution < -0.4 is 32.4 Å². The summed E-state index contributed by atoms with van der Waals surface area (Å²) in [7, 11) is 0. The van der Waals surface area contributed by atoms with E-state index in [1.807, 2.05) is 48.5 Å². The van der Waals surface area contributed by atoms with Gasteiger partial charge in [0.2, 0.25) is 0 Å². The molecule has 0 saturated carbocycles. The van der Waals surface area contributed by atoms with E-state index in [1.54, 1.807) is 0 Å². The molecule has 8 nitrogen and oxygen atoms in total. The lowest BCUT2D eigenvalue weighted by Gasteiger charge is -2.25. The van der Waals surface area contributed by atoms with Gasteiger partial charge in [-0.2, -0.15) is 0 Å². The number of anilines is 4. The molecule has 0 saturated heterocycles. The van der Waals surface area contributed by atoms with Crippen LogP contribution in [0.25, 0.3) is 0 Å². The Kier molecular flexibility index (Phi) is 9.09. The van der Waals surface area contributed by atoms with Crippen LogP contribution >= 0.6 is 0 Å². The number of ketones is 2. The average Bonchev–Trinajstić information content (AvgIpc) is 3.00. The third-order valence-corrected chi connectivity index (χ3v) is 8.02. The van der Waals surface area contributed by atoms with Gasteiger partial charge in [0.15, 0.2) is 23.1 Å². The summed E-state index contributed by atoms with van der Waals surface area (Å²) in [5.41, 5.74) is 28.0. The van der Waals surface area contributed by atoms with Gasteiger partial charge < -0.3 is 32.4 Å². The van der Waals surface area contributed by atoms with E-state index in [0.717, 1.165) is 62.5 Å². The Morgan fingerprint density at radius 3 is 1.36 bits per heavy atom. The van der Waals surface area contributed by atoms with E-state index < -0.39 is 11.6 Å². The summed E-state index contributed by atoms with van der Waals surface area (Å²) in [6.07, 6.45) is 8.54.